The standard InChI is InChI=1S/C9H10ClF3N4O2/c1-4(2)5-3-6(10)14-15-7(5)16-17-19-8(18)9(11,12)13/h3-4,17H,1-2H3,(H,15,16). The molecular formula is C9H10ClF3N4O2. The molecule has 0 spiro atoms. The fourth-order valence-electron chi connectivity index (χ4n) is 1.10. The molecule has 0 radical (unpaired) electrons. The molecule has 1 heterocycles. The lowest BCUT2D eigenvalue weighted by Crippen LogP contribution is -2.34. The summed E-state index contributed by atoms with van der Waals surface area (Å²) >= 11 is 5.65. The highest BCUT2D eigenvalue weighted by molar-refractivity contribution is 6.29. The largest absolute Gasteiger partial charge is 0.492 e. The Morgan fingerprint density at radius 2 is 2.05 bits per heavy atom. The predicted molar refractivity (Wildman–Crippen MR) is 60.0 cm³/mol. The van der Waals surface area contributed by atoms with Crippen molar-refractivity contribution in [2.75, 3.05) is 5.43 Å². The van der Waals surface area contributed by atoms with Gasteiger partial charge in [-0.2, -0.15) is 13.2 Å². The zero-order chi connectivity index (χ0) is 14.6. The number of halogens is 4. The van der Waals surface area contributed by atoms with Crippen molar-refractivity contribution in [2.24, 2.45) is 0 Å². The molecular weight excluding hydrogens is 289 g/mol. The van der Waals surface area contributed by atoms with E-state index >= 15 is 0 Å². The van der Waals surface area contributed by atoms with Crippen LogP contribution >= 0.6 is 11.6 Å². The Labute approximate surface area is 111 Å². The van der Waals surface area contributed by atoms with Gasteiger partial charge >= 0.3 is 12.1 Å². The number of aromatic nitrogens is 2. The predicted octanol–water partition coefficient (Wildman–Crippen LogP) is 2.19. The van der Waals surface area contributed by atoms with Crippen LogP contribution in [0.25, 0.3) is 0 Å². The van der Waals surface area contributed by atoms with Crippen LogP contribution in [0, 0.1) is 0 Å². The van der Waals surface area contributed by atoms with Crippen molar-refractivity contribution in [1.29, 1.82) is 0 Å². The number of anilines is 1. The lowest BCUT2D eigenvalue weighted by Gasteiger charge is -2.13. The number of nitrogens with one attached hydrogen (secondary N) is 2. The van der Waals surface area contributed by atoms with Crippen molar-refractivity contribution >= 4 is 23.4 Å². The molecule has 0 amide bonds. The maximum atomic E-state index is 11.8. The highest BCUT2D eigenvalue weighted by atomic mass is 35.5. The van der Waals surface area contributed by atoms with E-state index in [0.717, 1.165) is 0 Å². The number of hydrogen-bond acceptors (Lipinski definition) is 6. The molecule has 0 saturated heterocycles. The van der Waals surface area contributed by atoms with Gasteiger partial charge in [0.1, 0.15) is 0 Å². The number of carbonyl (C=O) groups excluding carboxylic acids is 1. The van der Waals surface area contributed by atoms with Crippen molar-refractivity contribution in [3.63, 3.8) is 0 Å². The molecule has 1 aromatic rings. The highest BCUT2D eigenvalue weighted by Crippen LogP contribution is 2.23. The number of hydrogen-bond donors (Lipinski definition) is 2. The first kappa shape index (κ1) is 15.4. The minimum absolute atomic E-state index is 0.0179. The van der Waals surface area contributed by atoms with Crippen LogP contribution in [0.1, 0.15) is 25.3 Å². The van der Waals surface area contributed by atoms with Crippen LogP contribution < -0.4 is 11.0 Å². The summed E-state index contributed by atoms with van der Waals surface area (Å²) < 4.78 is 35.5. The van der Waals surface area contributed by atoms with Gasteiger partial charge in [0.2, 0.25) is 0 Å². The first-order valence-electron chi connectivity index (χ1n) is 5.04. The van der Waals surface area contributed by atoms with E-state index < -0.39 is 12.1 Å². The number of alkyl halides is 3. The SMILES string of the molecule is CC(C)c1cc(Cl)nnc1NNOC(=O)C(F)(F)F. The summed E-state index contributed by atoms with van der Waals surface area (Å²) in [6, 6.07) is 1.49. The molecule has 0 bridgehead atoms. The minimum Gasteiger partial charge on any atom is -0.343 e. The summed E-state index contributed by atoms with van der Waals surface area (Å²) in [4.78, 5) is 14.2. The van der Waals surface area contributed by atoms with E-state index in [0.29, 0.717) is 5.56 Å². The molecule has 0 atom stereocenters. The number of carbonyl (C=O) groups is 1. The average Bonchev–Trinajstić information content (AvgIpc) is 2.29. The van der Waals surface area contributed by atoms with E-state index in [4.69, 9.17) is 11.6 Å². The normalized spacial score (nSPS) is 11.5. The maximum absolute atomic E-state index is 11.8. The molecule has 106 valence electrons. The van der Waals surface area contributed by atoms with Crippen molar-refractivity contribution in [3.8, 4) is 0 Å². The third kappa shape index (κ3) is 4.52. The molecule has 0 fully saturated rings. The average molecular weight is 299 g/mol. The van der Waals surface area contributed by atoms with Gasteiger partial charge in [-0.1, -0.05) is 31.0 Å². The quantitative estimate of drug-likeness (QED) is 0.830. The smallest absolute Gasteiger partial charge is 0.343 e. The molecule has 10 heteroatoms. The van der Waals surface area contributed by atoms with Gasteiger partial charge in [0.05, 0.1) is 0 Å². The Morgan fingerprint density at radius 1 is 1.42 bits per heavy atom. The molecule has 0 aromatic carbocycles. The molecule has 0 aliphatic carbocycles. The summed E-state index contributed by atoms with van der Waals surface area (Å²) in [6.45, 7) is 3.64. The van der Waals surface area contributed by atoms with E-state index in [-0.39, 0.29) is 16.9 Å². The van der Waals surface area contributed by atoms with E-state index in [9.17, 15) is 18.0 Å². The lowest BCUT2D eigenvalue weighted by molar-refractivity contribution is -0.205. The van der Waals surface area contributed by atoms with Crippen molar-refractivity contribution in [2.45, 2.75) is 25.9 Å². The number of rotatable bonds is 4. The zero-order valence-corrected chi connectivity index (χ0v) is 10.6. The lowest BCUT2D eigenvalue weighted by atomic mass is 10.1. The van der Waals surface area contributed by atoms with Crippen LogP contribution in [0.4, 0.5) is 19.0 Å². The van der Waals surface area contributed by atoms with Gasteiger partial charge in [-0.05, 0) is 12.0 Å². The fourth-order valence-corrected chi connectivity index (χ4v) is 1.25. The van der Waals surface area contributed by atoms with Crippen LogP contribution in [0.2, 0.25) is 5.15 Å². The molecule has 6 nitrogen and oxygen atoms in total. The van der Waals surface area contributed by atoms with Crippen molar-refractivity contribution in [1.82, 2.24) is 15.8 Å². The van der Waals surface area contributed by atoms with Gasteiger partial charge in [-0.25, -0.2) is 4.79 Å². The van der Waals surface area contributed by atoms with Crippen LogP contribution in [0.5, 0.6) is 0 Å². The van der Waals surface area contributed by atoms with Gasteiger partial charge in [0.15, 0.2) is 11.0 Å². The second kappa shape index (κ2) is 6.02. The first-order valence-corrected chi connectivity index (χ1v) is 5.41. The summed E-state index contributed by atoms with van der Waals surface area (Å²) in [5.41, 5.74) is 4.45. The summed E-state index contributed by atoms with van der Waals surface area (Å²) in [7, 11) is 0. The Morgan fingerprint density at radius 3 is 2.58 bits per heavy atom. The molecule has 0 aliphatic rings. The first-order chi connectivity index (χ1) is 8.71. The second-order valence-corrected chi connectivity index (χ2v) is 4.13. The molecule has 0 aliphatic heterocycles. The Kier molecular flexibility index (Phi) is 4.90. The summed E-state index contributed by atoms with van der Waals surface area (Å²) in [5.74, 6) is -2.29. The highest BCUT2D eigenvalue weighted by Gasteiger charge is 2.41. The summed E-state index contributed by atoms with van der Waals surface area (Å²) in [6.07, 6.45) is -5.08. The van der Waals surface area contributed by atoms with Crippen LogP contribution in [0.15, 0.2) is 6.07 Å². The van der Waals surface area contributed by atoms with E-state index in [2.05, 4.69) is 20.5 Å². The van der Waals surface area contributed by atoms with Crippen molar-refractivity contribution < 1.29 is 22.8 Å². The topological polar surface area (TPSA) is 76.1 Å². The van der Waals surface area contributed by atoms with Crippen LogP contribution in [-0.4, -0.2) is 22.3 Å². The van der Waals surface area contributed by atoms with Gasteiger partial charge in [-0.3, -0.25) is 5.43 Å². The molecule has 0 unspecified atom stereocenters. The third-order valence-corrected chi connectivity index (χ3v) is 2.14. The van der Waals surface area contributed by atoms with E-state index in [1.807, 2.05) is 13.8 Å². The van der Waals surface area contributed by atoms with E-state index in [1.165, 1.54) is 6.07 Å². The minimum atomic E-state index is -5.08. The number of nitrogens with zero attached hydrogens (tertiary/aromatic N) is 2. The van der Waals surface area contributed by atoms with Crippen molar-refractivity contribution in [3.05, 3.63) is 16.8 Å². The number of hydrazine groups is 1. The fraction of sp³-hybridized carbons (Fsp3) is 0.444. The zero-order valence-electron chi connectivity index (χ0n) is 9.88. The maximum Gasteiger partial charge on any atom is 0.492 e. The molecule has 2 N–H and O–H groups in total. The second-order valence-electron chi connectivity index (χ2n) is 3.74. The van der Waals surface area contributed by atoms with Gasteiger partial charge in [0, 0.05) is 5.56 Å². The Hall–Kier alpha value is -1.61. The molecule has 19 heavy (non-hydrogen) atoms. The monoisotopic (exact) mass is 298 g/mol. The molecule has 1 rings (SSSR count). The molecule has 1 aromatic heterocycles. The van der Waals surface area contributed by atoms with E-state index in [1.54, 1.807) is 5.59 Å². The van der Waals surface area contributed by atoms with Gasteiger partial charge in [0.25, 0.3) is 0 Å². The van der Waals surface area contributed by atoms with Crippen LogP contribution in [-0.2, 0) is 9.63 Å². The summed E-state index contributed by atoms with van der Waals surface area (Å²) in [5, 5.41) is 7.29. The third-order valence-electron chi connectivity index (χ3n) is 1.96. The van der Waals surface area contributed by atoms with Gasteiger partial charge < -0.3 is 4.84 Å². The molecule has 0 saturated carbocycles. The van der Waals surface area contributed by atoms with Gasteiger partial charge in [-0.15, -0.1) is 10.2 Å². The Balaban J connectivity index is 2.66. The van der Waals surface area contributed by atoms with Crippen LogP contribution in [0.3, 0.4) is 0 Å². The Bertz CT molecular complexity index is 467.